The second-order valence-corrected chi connectivity index (χ2v) is 3.86. The highest BCUT2D eigenvalue weighted by atomic mass is 35.5. The van der Waals surface area contributed by atoms with Gasteiger partial charge in [0.05, 0.1) is 10.0 Å². The van der Waals surface area contributed by atoms with Crippen LogP contribution in [-0.2, 0) is 0 Å². The molecule has 0 N–H and O–H groups in total. The molecule has 0 aliphatic rings. The molecule has 1 aromatic carbocycles. The fourth-order valence-electron chi connectivity index (χ4n) is 0.650. The lowest BCUT2D eigenvalue weighted by Gasteiger charge is -2.05. The predicted octanol–water partition coefficient (Wildman–Crippen LogP) is 4.41. The summed E-state index contributed by atoms with van der Waals surface area (Å²) in [6, 6.07) is 3.81. The number of rotatable bonds is 1. The molecule has 65 valence electrons. The lowest BCUT2D eigenvalue weighted by atomic mass is 10.2. The molecule has 0 saturated heterocycles. The first-order valence-electron chi connectivity index (χ1n) is 2.87. The first-order chi connectivity index (χ1) is 5.54. The summed E-state index contributed by atoms with van der Waals surface area (Å²) < 4.78 is 13.0. The Hall–Kier alpha value is 0.310. The highest BCUT2D eigenvalue weighted by Gasteiger charge is 2.14. The molecule has 12 heavy (non-hydrogen) atoms. The van der Waals surface area contributed by atoms with Gasteiger partial charge in [0.1, 0.15) is 4.84 Å². The average molecular weight is 247 g/mol. The standard InChI is InChI=1S/C7H2Cl4F/c8-4-2-1-3(7(10)11)5(9)6(4)12/h2,7H. The van der Waals surface area contributed by atoms with Gasteiger partial charge in [-0.1, -0.05) is 46.4 Å². The van der Waals surface area contributed by atoms with Crippen LogP contribution in [0.1, 0.15) is 10.4 Å². The van der Waals surface area contributed by atoms with Crippen molar-refractivity contribution in [2.24, 2.45) is 0 Å². The van der Waals surface area contributed by atoms with E-state index in [4.69, 9.17) is 46.4 Å². The molecular formula is C7H2Cl4F. The molecule has 0 spiro atoms. The highest BCUT2D eigenvalue weighted by molar-refractivity contribution is 6.45. The minimum atomic E-state index is -0.899. The summed E-state index contributed by atoms with van der Waals surface area (Å²) in [5.41, 5.74) is 0.196. The molecule has 5 heteroatoms. The number of hydrogen-bond donors (Lipinski definition) is 0. The van der Waals surface area contributed by atoms with Crippen LogP contribution in [0.5, 0.6) is 0 Å². The molecular weight excluding hydrogens is 245 g/mol. The average Bonchev–Trinajstić information content (AvgIpc) is 2.00. The number of hydrogen-bond acceptors (Lipinski definition) is 0. The Morgan fingerprint density at radius 1 is 1.33 bits per heavy atom. The summed E-state index contributed by atoms with van der Waals surface area (Å²) in [4.78, 5) is -0.899. The van der Waals surface area contributed by atoms with Crippen molar-refractivity contribution in [3.63, 3.8) is 0 Å². The molecule has 0 bridgehead atoms. The minimum Gasteiger partial charge on any atom is -0.204 e. The van der Waals surface area contributed by atoms with E-state index in [1.54, 1.807) is 0 Å². The van der Waals surface area contributed by atoms with Crippen LogP contribution in [0.2, 0.25) is 10.0 Å². The van der Waals surface area contributed by atoms with E-state index in [9.17, 15) is 4.39 Å². The molecule has 0 saturated carbocycles. The van der Waals surface area contributed by atoms with Gasteiger partial charge in [-0.2, -0.15) is 0 Å². The van der Waals surface area contributed by atoms with Crippen LogP contribution >= 0.6 is 46.4 Å². The van der Waals surface area contributed by atoms with E-state index < -0.39 is 10.7 Å². The zero-order chi connectivity index (χ0) is 9.30. The van der Waals surface area contributed by atoms with Crippen LogP contribution in [0.3, 0.4) is 0 Å². The summed E-state index contributed by atoms with van der Waals surface area (Å²) in [5.74, 6) is -0.724. The Bertz CT molecular complexity index is 298. The maximum Gasteiger partial charge on any atom is 0.160 e. The van der Waals surface area contributed by atoms with Crippen LogP contribution in [-0.4, -0.2) is 0 Å². The molecule has 0 aromatic heterocycles. The number of halogens is 5. The highest BCUT2D eigenvalue weighted by Crippen LogP contribution is 2.34. The predicted molar refractivity (Wildman–Crippen MR) is 49.7 cm³/mol. The van der Waals surface area contributed by atoms with Crippen molar-refractivity contribution < 1.29 is 4.39 Å². The lowest BCUT2D eigenvalue weighted by Crippen LogP contribution is -1.88. The second-order valence-electron chi connectivity index (χ2n) is 1.98. The van der Waals surface area contributed by atoms with Crippen LogP contribution in [0.4, 0.5) is 4.39 Å². The second kappa shape index (κ2) is 4.01. The molecule has 1 aromatic rings. The summed E-state index contributed by atoms with van der Waals surface area (Å²) >= 11 is 21.9. The van der Waals surface area contributed by atoms with E-state index in [0.717, 1.165) is 0 Å². The van der Waals surface area contributed by atoms with Crippen LogP contribution in [0, 0.1) is 11.9 Å². The zero-order valence-electron chi connectivity index (χ0n) is 5.54. The molecule has 0 heterocycles. The van der Waals surface area contributed by atoms with Crippen LogP contribution in [0.15, 0.2) is 6.07 Å². The van der Waals surface area contributed by atoms with E-state index in [0.29, 0.717) is 0 Å². The fourth-order valence-corrected chi connectivity index (χ4v) is 1.57. The van der Waals surface area contributed by atoms with Crippen molar-refractivity contribution in [1.82, 2.24) is 0 Å². The Morgan fingerprint density at radius 2 is 1.92 bits per heavy atom. The van der Waals surface area contributed by atoms with Gasteiger partial charge in [-0.05, 0) is 12.1 Å². The molecule has 0 amide bonds. The van der Waals surface area contributed by atoms with E-state index >= 15 is 0 Å². The van der Waals surface area contributed by atoms with Gasteiger partial charge in [-0.3, -0.25) is 0 Å². The largest absolute Gasteiger partial charge is 0.204 e. The fraction of sp³-hybridized carbons (Fsp3) is 0.143. The number of alkyl halides is 2. The maximum absolute atomic E-state index is 13.0. The van der Waals surface area contributed by atoms with Crippen molar-refractivity contribution in [3.8, 4) is 0 Å². The molecule has 0 fully saturated rings. The van der Waals surface area contributed by atoms with E-state index in [1.807, 2.05) is 0 Å². The van der Waals surface area contributed by atoms with Crippen molar-refractivity contribution in [2.45, 2.75) is 4.84 Å². The molecule has 1 radical (unpaired) electrons. The van der Waals surface area contributed by atoms with Gasteiger partial charge in [0.25, 0.3) is 0 Å². The third kappa shape index (κ3) is 1.97. The third-order valence-electron chi connectivity index (χ3n) is 1.21. The van der Waals surface area contributed by atoms with Gasteiger partial charge < -0.3 is 0 Å². The zero-order valence-corrected chi connectivity index (χ0v) is 8.57. The molecule has 0 aliphatic carbocycles. The molecule has 0 nitrogen and oxygen atoms in total. The van der Waals surface area contributed by atoms with Gasteiger partial charge in [-0.15, -0.1) is 0 Å². The van der Waals surface area contributed by atoms with Crippen molar-refractivity contribution >= 4 is 46.4 Å². The Labute approximate surface area is 89.2 Å². The van der Waals surface area contributed by atoms with Crippen LogP contribution < -0.4 is 0 Å². The van der Waals surface area contributed by atoms with Gasteiger partial charge in [0.2, 0.25) is 0 Å². The van der Waals surface area contributed by atoms with Crippen molar-refractivity contribution in [2.75, 3.05) is 0 Å². The Morgan fingerprint density at radius 3 is 2.42 bits per heavy atom. The summed E-state index contributed by atoms with van der Waals surface area (Å²) in [5, 5.41) is -0.282. The Balaban J connectivity index is 3.27. The summed E-state index contributed by atoms with van der Waals surface area (Å²) in [7, 11) is 0. The SMILES string of the molecule is Fc1c(Cl)c[c]c(C(Cl)Cl)c1Cl. The van der Waals surface area contributed by atoms with Crippen molar-refractivity contribution in [3.05, 3.63) is 33.6 Å². The van der Waals surface area contributed by atoms with Gasteiger partial charge >= 0.3 is 0 Å². The molecule has 0 atom stereocenters. The molecule has 1 rings (SSSR count). The first kappa shape index (κ1) is 10.4. The normalized spacial score (nSPS) is 10.8. The van der Waals surface area contributed by atoms with Crippen molar-refractivity contribution in [1.29, 1.82) is 0 Å². The van der Waals surface area contributed by atoms with Gasteiger partial charge in [0, 0.05) is 5.56 Å². The maximum atomic E-state index is 13.0. The van der Waals surface area contributed by atoms with Crippen LogP contribution in [0.25, 0.3) is 0 Å². The first-order valence-corrected chi connectivity index (χ1v) is 4.50. The topological polar surface area (TPSA) is 0 Å². The third-order valence-corrected chi connectivity index (χ3v) is 2.29. The number of benzene rings is 1. The lowest BCUT2D eigenvalue weighted by molar-refractivity contribution is 0.627. The van der Waals surface area contributed by atoms with E-state index in [1.165, 1.54) is 6.07 Å². The van der Waals surface area contributed by atoms with Gasteiger partial charge in [-0.25, -0.2) is 4.39 Å². The van der Waals surface area contributed by atoms with E-state index in [2.05, 4.69) is 6.07 Å². The van der Waals surface area contributed by atoms with E-state index in [-0.39, 0.29) is 15.6 Å². The smallest absolute Gasteiger partial charge is 0.160 e. The minimum absolute atomic E-state index is 0.0993. The van der Waals surface area contributed by atoms with Gasteiger partial charge in [0.15, 0.2) is 5.82 Å². The molecule has 0 unspecified atom stereocenters. The Kier molecular flexibility index (Phi) is 3.47. The molecule has 0 aliphatic heterocycles. The summed E-state index contributed by atoms with van der Waals surface area (Å²) in [6.45, 7) is 0. The summed E-state index contributed by atoms with van der Waals surface area (Å²) in [6.07, 6.45) is 0. The monoisotopic (exact) mass is 245 g/mol. The quantitative estimate of drug-likeness (QED) is 0.509.